The van der Waals surface area contributed by atoms with E-state index in [1.54, 1.807) is 0 Å². The molecule has 0 aromatic heterocycles. The topological polar surface area (TPSA) is 9.23 Å². The van der Waals surface area contributed by atoms with Crippen molar-refractivity contribution in [3.63, 3.8) is 0 Å². The van der Waals surface area contributed by atoms with Gasteiger partial charge >= 0.3 is 0 Å². The molecule has 0 saturated carbocycles. The quantitative estimate of drug-likeness (QED) is 0.189. The monoisotopic (exact) mass is 316 g/mol. The van der Waals surface area contributed by atoms with Gasteiger partial charge in [-0.2, -0.15) is 0 Å². The summed E-state index contributed by atoms with van der Waals surface area (Å²) in [5.74, 6) is 0.601. The van der Waals surface area contributed by atoms with Crippen LogP contribution in [0.5, 0.6) is 0 Å². The fraction of sp³-hybridized carbons (Fsp3) is 0.895. The molecule has 1 unspecified atom stereocenters. The van der Waals surface area contributed by atoms with Crippen molar-refractivity contribution >= 4 is 11.6 Å². The van der Waals surface area contributed by atoms with Crippen LogP contribution in [0.3, 0.4) is 0 Å². The first-order valence-electron chi connectivity index (χ1n) is 8.97. The molecule has 1 atom stereocenters. The van der Waals surface area contributed by atoms with Crippen LogP contribution >= 0.6 is 11.6 Å². The van der Waals surface area contributed by atoms with Crippen molar-refractivity contribution < 1.29 is 4.74 Å². The summed E-state index contributed by atoms with van der Waals surface area (Å²) in [4.78, 5) is -0.0946. The summed E-state index contributed by atoms with van der Waals surface area (Å²) in [6.07, 6.45) is 16.6. The molecular weight excluding hydrogens is 280 g/mol. The smallest absolute Gasteiger partial charge is 0.0873 e. The second-order valence-electron chi connectivity index (χ2n) is 6.61. The molecule has 0 heterocycles. The second kappa shape index (κ2) is 13.5. The normalized spacial score (nSPS) is 13.8. The van der Waals surface area contributed by atoms with Crippen LogP contribution in [0, 0.1) is 5.92 Å². The molecule has 0 bridgehead atoms. The van der Waals surface area contributed by atoms with Crippen LogP contribution in [-0.2, 0) is 4.74 Å². The van der Waals surface area contributed by atoms with Crippen molar-refractivity contribution in [3.8, 4) is 0 Å². The molecule has 0 amide bonds. The Hall–Kier alpha value is -0.170. The zero-order chi connectivity index (χ0) is 16.0. The van der Waals surface area contributed by atoms with Gasteiger partial charge in [0.25, 0.3) is 0 Å². The van der Waals surface area contributed by atoms with E-state index in [0.29, 0.717) is 5.92 Å². The van der Waals surface area contributed by atoms with Gasteiger partial charge in [0.1, 0.15) is 0 Å². The number of rotatable bonds is 14. The number of hydrogen-bond donors (Lipinski definition) is 0. The highest BCUT2D eigenvalue weighted by molar-refractivity contribution is 6.23. The van der Waals surface area contributed by atoms with E-state index in [1.165, 1.54) is 51.4 Å². The molecule has 1 nitrogen and oxygen atoms in total. The molecule has 0 radical (unpaired) electrons. The van der Waals surface area contributed by atoms with E-state index in [9.17, 15) is 0 Å². The Labute approximate surface area is 138 Å². The molecular formula is C19H37ClO. The molecule has 0 aromatic carbocycles. The van der Waals surface area contributed by atoms with Crippen LogP contribution in [0.4, 0.5) is 0 Å². The lowest BCUT2D eigenvalue weighted by Gasteiger charge is -2.28. The van der Waals surface area contributed by atoms with Gasteiger partial charge in [-0.25, -0.2) is 0 Å². The van der Waals surface area contributed by atoms with Gasteiger partial charge in [0, 0.05) is 4.87 Å². The zero-order valence-electron chi connectivity index (χ0n) is 14.8. The lowest BCUT2D eigenvalue weighted by atomic mass is 9.85. The molecule has 0 aliphatic heterocycles. The minimum absolute atomic E-state index is 0.0946. The van der Waals surface area contributed by atoms with Crippen molar-refractivity contribution in [1.82, 2.24) is 0 Å². The highest BCUT2D eigenvalue weighted by Gasteiger charge is 2.25. The van der Waals surface area contributed by atoms with E-state index in [4.69, 9.17) is 16.3 Å². The zero-order valence-corrected chi connectivity index (χ0v) is 15.6. The summed E-state index contributed by atoms with van der Waals surface area (Å²) < 4.78 is 5.48. The van der Waals surface area contributed by atoms with Crippen molar-refractivity contribution in [2.45, 2.75) is 96.8 Å². The molecule has 0 aromatic rings. The van der Waals surface area contributed by atoms with Crippen molar-refractivity contribution in [3.05, 3.63) is 12.3 Å². The van der Waals surface area contributed by atoms with Gasteiger partial charge in [-0.15, -0.1) is 11.6 Å². The number of hydrogen-bond acceptors (Lipinski definition) is 1. The summed E-state index contributed by atoms with van der Waals surface area (Å²) in [5.41, 5.74) is 0. The Balaban J connectivity index is 3.81. The van der Waals surface area contributed by atoms with Gasteiger partial charge in [-0.1, -0.05) is 58.4 Å². The van der Waals surface area contributed by atoms with Gasteiger partial charge in [0.2, 0.25) is 0 Å². The highest BCUT2D eigenvalue weighted by Crippen LogP contribution is 2.32. The van der Waals surface area contributed by atoms with Crippen LogP contribution in [0.15, 0.2) is 12.3 Å². The lowest BCUT2D eigenvalue weighted by molar-refractivity contribution is 0.222. The summed E-state index contributed by atoms with van der Waals surface area (Å²) in [7, 11) is 0. The first-order valence-corrected chi connectivity index (χ1v) is 9.35. The van der Waals surface area contributed by atoms with Crippen molar-refractivity contribution in [1.29, 1.82) is 0 Å². The average Bonchev–Trinajstić information content (AvgIpc) is 2.42. The summed E-state index contributed by atoms with van der Waals surface area (Å²) in [6, 6.07) is 0. The van der Waals surface area contributed by atoms with Crippen LogP contribution in [-0.4, -0.2) is 11.5 Å². The number of ether oxygens (including phenoxy) is 1. The lowest BCUT2D eigenvalue weighted by Crippen LogP contribution is -2.25. The van der Waals surface area contributed by atoms with E-state index in [1.807, 2.05) is 6.26 Å². The molecule has 0 rings (SSSR count). The molecule has 2 heteroatoms. The molecule has 0 aliphatic rings. The van der Waals surface area contributed by atoms with Gasteiger partial charge in [-0.3, -0.25) is 0 Å². The number of alkyl halides is 1. The maximum atomic E-state index is 6.57. The Kier molecular flexibility index (Phi) is 13.4. The standard InChI is InChI=1S/C19H37ClO/c1-5-7-9-10-11-12-14-18(19(3,4)20)15-13-17-21-16-8-6-2/h8,16,18H,5-7,9-15,17H2,1-4H3. The maximum absolute atomic E-state index is 6.57. The summed E-state index contributed by atoms with van der Waals surface area (Å²) in [6.45, 7) is 9.52. The first kappa shape index (κ1) is 20.8. The van der Waals surface area contributed by atoms with Crippen molar-refractivity contribution in [2.75, 3.05) is 6.61 Å². The summed E-state index contributed by atoms with van der Waals surface area (Å²) >= 11 is 6.57. The fourth-order valence-electron chi connectivity index (χ4n) is 2.65. The minimum atomic E-state index is -0.0946. The largest absolute Gasteiger partial charge is 0.502 e. The Morgan fingerprint density at radius 3 is 2.19 bits per heavy atom. The molecule has 0 fully saturated rings. The predicted octanol–water partition coefficient (Wildman–Crippen LogP) is 7.09. The SMILES string of the molecule is CCC=COCCCC(CCCCCCCC)C(C)(C)Cl. The Morgan fingerprint density at radius 1 is 0.952 bits per heavy atom. The second-order valence-corrected chi connectivity index (χ2v) is 7.58. The molecule has 0 aliphatic carbocycles. The van der Waals surface area contributed by atoms with E-state index in [0.717, 1.165) is 19.4 Å². The number of allylic oxidation sites excluding steroid dienone is 1. The molecule has 21 heavy (non-hydrogen) atoms. The van der Waals surface area contributed by atoms with Crippen LogP contribution in [0.25, 0.3) is 0 Å². The van der Waals surface area contributed by atoms with E-state index >= 15 is 0 Å². The third-order valence-electron chi connectivity index (χ3n) is 4.12. The number of halogens is 1. The third-order valence-corrected chi connectivity index (χ3v) is 4.43. The van der Waals surface area contributed by atoms with Crippen LogP contribution < -0.4 is 0 Å². The fourth-order valence-corrected chi connectivity index (χ4v) is 2.87. The molecule has 0 saturated heterocycles. The van der Waals surface area contributed by atoms with Gasteiger partial charge in [0.05, 0.1) is 12.9 Å². The van der Waals surface area contributed by atoms with Gasteiger partial charge < -0.3 is 4.74 Å². The Bertz CT molecular complexity index is 242. The van der Waals surface area contributed by atoms with Crippen LogP contribution in [0.1, 0.15) is 91.9 Å². The predicted molar refractivity (Wildman–Crippen MR) is 96.0 cm³/mol. The van der Waals surface area contributed by atoms with Gasteiger partial charge in [-0.05, 0) is 45.4 Å². The van der Waals surface area contributed by atoms with Crippen molar-refractivity contribution in [2.24, 2.45) is 5.92 Å². The van der Waals surface area contributed by atoms with Gasteiger partial charge in [0.15, 0.2) is 0 Å². The highest BCUT2D eigenvalue weighted by atomic mass is 35.5. The summed E-state index contributed by atoms with van der Waals surface area (Å²) in [5, 5.41) is 0. The average molecular weight is 317 g/mol. The number of unbranched alkanes of at least 4 members (excludes halogenated alkanes) is 5. The Morgan fingerprint density at radius 2 is 1.57 bits per heavy atom. The van der Waals surface area contributed by atoms with E-state index in [-0.39, 0.29) is 4.87 Å². The van der Waals surface area contributed by atoms with E-state index < -0.39 is 0 Å². The third kappa shape index (κ3) is 13.2. The minimum Gasteiger partial charge on any atom is -0.502 e. The molecule has 126 valence electrons. The molecule has 0 N–H and O–H groups in total. The molecule has 0 spiro atoms. The first-order chi connectivity index (χ1) is 10.0. The van der Waals surface area contributed by atoms with Crippen LogP contribution in [0.2, 0.25) is 0 Å². The maximum Gasteiger partial charge on any atom is 0.0873 e. The van der Waals surface area contributed by atoms with E-state index in [2.05, 4.69) is 33.8 Å².